The lowest BCUT2D eigenvalue weighted by atomic mass is 10.00. The molecule has 2 aromatic rings. The van der Waals surface area contributed by atoms with Crippen molar-refractivity contribution < 1.29 is 4.79 Å². The summed E-state index contributed by atoms with van der Waals surface area (Å²) in [5.74, 6) is 0.116. The number of nitrogens with one attached hydrogen (secondary N) is 1. The topological polar surface area (TPSA) is 45.2 Å². The Hall–Kier alpha value is -2.36. The quantitative estimate of drug-likeness (QED) is 0.935. The van der Waals surface area contributed by atoms with E-state index in [2.05, 4.69) is 10.3 Å². The average Bonchev–Trinajstić information content (AvgIpc) is 2.97. The first-order valence-corrected chi connectivity index (χ1v) is 7.22. The molecule has 0 fully saturated rings. The van der Waals surface area contributed by atoms with Crippen LogP contribution in [0.5, 0.6) is 0 Å². The van der Waals surface area contributed by atoms with Crippen molar-refractivity contribution in [1.29, 1.82) is 0 Å². The summed E-state index contributed by atoms with van der Waals surface area (Å²) < 4.78 is 0. The smallest absolute Gasteiger partial charge is 0.231 e. The molecule has 0 spiro atoms. The molecule has 1 aromatic heterocycles. The second-order valence-electron chi connectivity index (χ2n) is 5.39. The van der Waals surface area contributed by atoms with Crippen molar-refractivity contribution >= 4 is 11.6 Å². The molecule has 1 atom stereocenters. The molecule has 1 amide bonds. The third kappa shape index (κ3) is 2.89. The lowest BCUT2D eigenvalue weighted by Crippen LogP contribution is -2.34. The number of carbonyl (C=O) groups excluding carboxylic acids is 1. The summed E-state index contributed by atoms with van der Waals surface area (Å²) in [5.41, 5.74) is 3.39. The number of hydrogen-bond donors (Lipinski definition) is 1. The molecule has 0 aliphatic carbocycles. The third-order valence-electron chi connectivity index (χ3n) is 3.99. The van der Waals surface area contributed by atoms with Crippen molar-refractivity contribution in [2.75, 3.05) is 25.5 Å². The first kappa shape index (κ1) is 13.6. The molecule has 1 aliphatic heterocycles. The fourth-order valence-electron chi connectivity index (χ4n) is 2.73. The Labute approximate surface area is 124 Å². The average molecular weight is 281 g/mol. The second-order valence-corrected chi connectivity index (χ2v) is 5.39. The lowest BCUT2D eigenvalue weighted by Gasteiger charge is -2.21. The molecule has 4 nitrogen and oxygen atoms in total. The predicted molar refractivity (Wildman–Crippen MR) is 83.3 cm³/mol. The Balaban J connectivity index is 1.63. The minimum absolute atomic E-state index is 0.0661. The molecule has 21 heavy (non-hydrogen) atoms. The predicted octanol–water partition coefficient (Wildman–Crippen LogP) is 2.29. The molecule has 1 aromatic carbocycles. The van der Waals surface area contributed by atoms with Gasteiger partial charge < -0.3 is 10.2 Å². The number of likely N-dealkylation sites (N-methyl/N-ethyl adjacent to an activating group) is 1. The van der Waals surface area contributed by atoms with Crippen LogP contribution >= 0.6 is 0 Å². The number of hydrogen-bond acceptors (Lipinski definition) is 3. The molecule has 0 saturated carbocycles. The van der Waals surface area contributed by atoms with Crippen LogP contribution in [0.15, 0.2) is 48.8 Å². The van der Waals surface area contributed by atoms with E-state index in [1.165, 1.54) is 5.56 Å². The minimum Gasteiger partial charge on any atom is -0.384 e. The Morgan fingerprint density at radius 1 is 1.29 bits per heavy atom. The van der Waals surface area contributed by atoms with E-state index in [1.54, 1.807) is 12.4 Å². The Bertz CT molecular complexity index is 627. The number of aromatic nitrogens is 1. The molecule has 3 rings (SSSR count). The highest BCUT2D eigenvalue weighted by Gasteiger charge is 2.29. The van der Waals surface area contributed by atoms with Gasteiger partial charge in [0, 0.05) is 38.2 Å². The fourth-order valence-corrected chi connectivity index (χ4v) is 2.73. The van der Waals surface area contributed by atoms with E-state index in [9.17, 15) is 4.79 Å². The second kappa shape index (κ2) is 5.95. The standard InChI is InChI=1S/C17H19N3O/c1-20(11-8-13-6-9-18-10-7-13)17(21)15-12-19-16-5-3-2-4-14(15)16/h2-7,9-10,15,19H,8,11-12H2,1H3. The molecular formula is C17H19N3O. The van der Waals surface area contributed by atoms with Crippen LogP contribution < -0.4 is 5.32 Å². The molecule has 0 radical (unpaired) electrons. The van der Waals surface area contributed by atoms with Gasteiger partial charge in [0.15, 0.2) is 0 Å². The Morgan fingerprint density at radius 2 is 2.05 bits per heavy atom. The molecule has 0 saturated heterocycles. The zero-order valence-electron chi connectivity index (χ0n) is 12.1. The van der Waals surface area contributed by atoms with Crippen LogP contribution in [-0.2, 0) is 11.2 Å². The van der Waals surface area contributed by atoms with Gasteiger partial charge in [0.1, 0.15) is 0 Å². The zero-order chi connectivity index (χ0) is 14.7. The molecule has 1 N–H and O–H groups in total. The van der Waals surface area contributed by atoms with Gasteiger partial charge in [-0.05, 0) is 35.7 Å². The van der Waals surface area contributed by atoms with Crippen molar-refractivity contribution in [1.82, 2.24) is 9.88 Å². The molecule has 4 heteroatoms. The number of nitrogens with zero attached hydrogens (tertiary/aromatic N) is 2. The number of benzene rings is 1. The summed E-state index contributed by atoms with van der Waals surface area (Å²) in [7, 11) is 1.88. The van der Waals surface area contributed by atoms with Crippen molar-refractivity contribution in [3.8, 4) is 0 Å². The summed E-state index contributed by atoms with van der Waals surface area (Å²) >= 11 is 0. The van der Waals surface area contributed by atoms with Crippen LogP contribution in [0.4, 0.5) is 5.69 Å². The number of fused-ring (bicyclic) bond motifs is 1. The highest BCUT2D eigenvalue weighted by atomic mass is 16.2. The first-order valence-electron chi connectivity index (χ1n) is 7.22. The van der Waals surface area contributed by atoms with Gasteiger partial charge in [-0.1, -0.05) is 18.2 Å². The minimum atomic E-state index is -0.0661. The first-order chi connectivity index (χ1) is 10.3. The van der Waals surface area contributed by atoms with E-state index in [0.717, 1.165) is 24.2 Å². The van der Waals surface area contributed by atoms with Gasteiger partial charge in [-0.15, -0.1) is 0 Å². The van der Waals surface area contributed by atoms with Gasteiger partial charge in [0.2, 0.25) is 5.91 Å². The van der Waals surface area contributed by atoms with Crippen LogP contribution in [0.25, 0.3) is 0 Å². The zero-order valence-corrected chi connectivity index (χ0v) is 12.1. The molecular weight excluding hydrogens is 262 g/mol. The summed E-state index contributed by atoms with van der Waals surface area (Å²) in [6, 6.07) is 12.0. The summed E-state index contributed by atoms with van der Waals surface area (Å²) in [4.78, 5) is 18.4. The van der Waals surface area contributed by atoms with Crippen LogP contribution in [0.2, 0.25) is 0 Å². The number of amides is 1. The normalized spacial score (nSPS) is 16.1. The summed E-state index contributed by atoms with van der Waals surface area (Å²) in [6.45, 7) is 1.42. The van der Waals surface area contributed by atoms with Crippen LogP contribution in [0, 0.1) is 0 Å². The van der Waals surface area contributed by atoms with Gasteiger partial charge in [0.05, 0.1) is 5.92 Å². The SMILES string of the molecule is CN(CCc1ccncc1)C(=O)C1CNc2ccccc21. The van der Waals surface area contributed by atoms with Crippen molar-refractivity contribution in [3.05, 3.63) is 59.9 Å². The number of anilines is 1. The van der Waals surface area contributed by atoms with Crippen LogP contribution in [-0.4, -0.2) is 35.9 Å². The number of rotatable bonds is 4. The van der Waals surface area contributed by atoms with Crippen LogP contribution in [0.1, 0.15) is 17.0 Å². The van der Waals surface area contributed by atoms with Gasteiger partial charge >= 0.3 is 0 Å². The van der Waals surface area contributed by atoms with E-state index >= 15 is 0 Å². The fraction of sp³-hybridized carbons (Fsp3) is 0.294. The third-order valence-corrected chi connectivity index (χ3v) is 3.99. The van der Waals surface area contributed by atoms with Gasteiger partial charge in [0.25, 0.3) is 0 Å². The van der Waals surface area contributed by atoms with E-state index in [0.29, 0.717) is 6.54 Å². The number of para-hydroxylation sites is 1. The molecule has 2 heterocycles. The molecule has 1 aliphatic rings. The van der Waals surface area contributed by atoms with Crippen molar-refractivity contribution in [3.63, 3.8) is 0 Å². The Morgan fingerprint density at radius 3 is 2.86 bits per heavy atom. The molecule has 0 bridgehead atoms. The highest BCUT2D eigenvalue weighted by Crippen LogP contribution is 2.32. The number of carbonyl (C=O) groups is 1. The maximum atomic E-state index is 12.6. The van der Waals surface area contributed by atoms with E-state index in [1.807, 2.05) is 48.3 Å². The monoisotopic (exact) mass is 281 g/mol. The maximum Gasteiger partial charge on any atom is 0.231 e. The Kier molecular flexibility index (Phi) is 3.86. The van der Waals surface area contributed by atoms with Gasteiger partial charge in [-0.25, -0.2) is 0 Å². The van der Waals surface area contributed by atoms with Gasteiger partial charge in [-0.3, -0.25) is 9.78 Å². The van der Waals surface area contributed by atoms with E-state index in [-0.39, 0.29) is 11.8 Å². The van der Waals surface area contributed by atoms with E-state index < -0.39 is 0 Å². The maximum absolute atomic E-state index is 12.6. The molecule has 108 valence electrons. The van der Waals surface area contributed by atoms with Crippen molar-refractivity contribution in [2.24, 2.45) is 0 Å². The van der Waals surface area contributed by atoms with Crippen LogP contribution in [0.3, 0.4) is 0 Å². The van der Waals surface area contributed by atoms with Gasteiger partial charge in [-0.2, -0.15) is 0 Å². The van der Waals surface area contributed by atoms with E-state index in [4.69, 9.17) is 0 Å². The molecule has 1 unspecified atom stereocenters. The lowest BCUT2D eigenvalue weighted by molar-refractivity contribution is -0.131. The summed E-state index contributed by atoms with van der Waals surface area (Å²) in [6.07, 6.45) is 4.43. The largest absolute Gasteiger partial charge is 0.384 e. The van der Waals surface area contributed by atoms with Crippen molar-refractivity contribution in [2.45, 2.75) is 12.3 Å². The number of pyridine rings is 1. The summed E-state index contributed by atoms with van der Waals surface area (Å²) in [5, 5.41) is 3.30. The highest BCUT2D eigenvalue weighted by molar-refractivity contribution is 5.88.